The molecule has 0 aromatic heterocycles. The first-order valence-corrected chi connectivity index (χ1v) is 10.0. The number of rotatable bonds is 5. The molecule has 0 aliphatic rings. The van der Waals surface area contributed by atoms with E-state index in [1.165, 1.54) is 31.3 Å². The summed E-state index contributed by atoms with van der Waals surface area (Å²) in [5.74, 6) is -0.541. The van der Waals surface area contributed by atoms with Crippen LogP contribution in [0.15, 0.2) is 77.7 Å². The van der Waals surface area contributed by atoms with Gasteiger partial charge in [0.1, 0.15) is 0 Å². The van der Waals surface area contributed by atoms with Gasteiger partial charge >= 0.3 is 6.18 Å². The van der Waals surface area contributed by atoms with E-state index >= 15 is 0 Å². The van der Waals surface area contributed by atoms with E-state index in [4.69, 9.17) is 0 Å². The zero-order valence-corrected chi connectivity index (χ0v) is 16.2. The third kappa shape index (κ3) is 4.60. The predicted molar refractivity (Wildman–Crippen MR) is 102 cm³/mol. The molecular weight excluding hydrogens is 403 g/mol. The van der Waals surface area contributed by atoms with Crippen molar-refractivity contribution in [2.45, 2.75) is 17.6 Å². The highest BCUT2D eigenvalue weighted by atomic mass is 32.2. The lowest BCUT2D eigenvalue weighted by Gasteiger charge is -2.18. The minimum Gasteiger partial charge on any atom is -0.289 e. The Morgan fingerprint density at radius 2 is 1.59 bits per heavy atom. The molecule has 0 amide bonds. The second-order valence-electron chi connectivity index (χ2n) is 6.48. The largest absolute Gasteiger partial charge is 0.416 e. The third-order valence-corrected chi connectivity index (χ3v) is 6.22. The average molecular weight is 420 g/mol. The van der Waals surface area contributed by atoms with Crippen molar-refractivity contribution in [3.05, 3.63) is 83.9 Å². The van der Waals surface area contributed by atoms with Gasteiger partial charge in [-0.25, -0.2) is 8.42 Å². The van der Waals surface area contributed by atoms with Crippen LogP contribution < -0.4 is 0 Å². The molecular formula is C21H17F3NO3S. The SMILES string of the molecule is CN(Cc1cccc(-c2cc(C(F)(F)F)ccc2[O])c1)S(=O)(=O)c1ccccc1. The molecule has 0 saturated carbocycles. The van der Waals surface area contributed by atoms with Gasteiger partial charge in [-0.3, -0.25) is 5.11 Å². The Bertz CT molecular complexity index is 1110. The van der Waals surface area contributed by atoms with Crippen molar-refractivity contribution in [2.75, 3.05) is 7.05 Å². The van der Waals surface area contributed by atoms with E-state index in [0.717, 1.165) is 22.5 Å². The number of halogens is 3. The Hall–Kier alpha value is -2.84. The molecule has 3 aromatic carbocycles. The first-order valence-electron chi connectivity index (χ1n) is 8.58. The first-order chi connectivity index (χ1) is 13.6. The molecule has 0 saturated heterocycles. The molecule has 0 N–H and O–H groups in total. The van der Waals surface area contributed by atoms with Gasteiger partial charge in [0.2, 0.25) is 10.0 Å². The number of hydrogen-bond donors (Lipinski definition) is 0. The molecule has 0 unspecified atom stereocenters. The molecule has 8 heteroatoms. The summed E-state index contributed by atoms with van der Waals surface area (Å²) in [6.07, 6.45) is -4.57. The van der Waals surface area contributed by atoms with E-state index in [1.54, 1.807) is 30.3 Å². The Morgan fingerprint density at radius 3 is 2.24 bits per heavy atom. The van der Waals surface area contributed by atoms with Crippen molar-refractivity contribution < 1.29 is 26.7 Å². The van der Waals surface area contributed by atoms with Crippen LogP contribution in [-0.2, 0) is 27.9 Å². The summed E-state index contributed by atoms with van der Waals surface area (Å²) in [6.45, 7) is -0.00177. The van der Waals surface area contributed by atoms with E-state index in [-0.39, 0.29) is 17.0 Å². The Labute approximate surface area is 166 Å². The van der Waals surface area contributed by atoms with Crippen molar-refractivity contribution in [3.63, 3.8) is 0 Å². The van der Waals surface area contributed by atoms with Crippen molar-refractivity contribution in [3.8, 4) is 16.9 Å². The number of benzene rings is 3. The van der Waals surface area contributed by atoms with Crippen LogP contribution in [0.25, 0.3) is 11.1 Å². The van der Waals surface area contributed by atoms with E-state index in [0.29, 0.717) is 11.1 Å². The van der Waals surface area contributed by atoms with Crippen LogP contribution in [0.5, 0.6) is 5.75 Å². The maximum Gasteiger partial charge on any atom is 0.416 e. The van der Waals surface area contributed by atoms with E-state index in [1.807, 2.05) is 0 Å². The first kappa shape index (κ1) is 20.9. The van der Waals surface area contributed by atoms with Crippen molar-refractivity contribution >= 4 is 10.0 Å². The highest BCUT2D eigenvalue weighted by Crippen LogP contribution is 2.37. The van der Waals surface area contributed by atoms with Gasteiger partial charge in [0.15, 0.2) is 5.75 Å². The molecule has 0 aliphatic carbocycles. The van der Waals surface area contributed by atoms with Crippen LogP contribution in [0.2, 0.25) is 0 Å². The normalized spacial score (nSPS) is 12.3. The Balaban J connectivity index is 1.91. The molecule has 0 bridgehead atoms. The third-order valence-electron chi connectivity index (χ3n) is 4.40. The summed E-state index contributed by atoms with van der Waals surface area (Å²) in [4.78, 5) is 0.137. The van der Waals surface area contributed by atoms with Gasteiger partial charge in [-0.2, -0.15) is 17.5 Å². The molecule has 151 valence electrons. The van der Waals surface area contributed by atoms with Gasteiger partial charge in [-0.05, 0) is 47.5 Å². The minimum absolute atomic E-state index is 0.00177. The molecule has 0 fully saturated rings. The maximum atomic E-state index is 13.0. The fraction of sp³-hybridized carbons (Fsp3) is 0.143. The minimum atomic E-state index is -4.57. The molecule has 4 nitrogen and oxygen atoms in total. The van der Waals surface area contributed by atoms with Gasteiger partial charge in [-0.15, -0.1) is 0 Å². The van der Waals surface area contributed by atoms with Crippen LogP contribution >= 0.6 is 0 Å². The topological polar surface area (TPSA) is 57.3 Å². The molecule has 3 rings (SSSR count). The summed E-state index contributed by atoms with van der Waals surface area (Å²) < 4.78 is 65.4. The second-order valence-corrected chi connectivity index (χ2v) is 8.53. The molecule has 0 aliphatic heterocycles. The van der Waals surface area contributed by atoms with Crippen LogP contribution in [0, 0.1) is 0 Å². The monoisotopic (exact) mass is 420 g/mol. The molecule has 0 atom stereocenters. The van der Waals surface area contributed by atoms with Gasteiger partial charge in [-0.1, -0.05) is 36.4 Å². The molecule has 0 spiro atoms. The second kappa shape index (κ2) is 7.88. The van der Waals surface area contributed by atoms with E-state index < -0.39 is 27.5 Å². The zero-order valence-electron chi connectivity index (χ0n) is 15.3. The van der Waals surface area contributed by atoms with E-state index in [2.05, 4.69) is 0 Å². The number of alkyl halides is 3. The molecule has 3 aromatic rings. The van der Waals surface area contributed by atoms with Crippen molar-refractivity contribution in [1.29, 1.82) is 0 Å². The van der Waals surface area contributed by atoms with Crippen molar-refractivity contribution in [2.24, 2.45) is 0 Å². The molecule has 1 radical (unpaired) electrons. The predicted octanol–water partition coefficient (Wildman–Crippen LogP) is 5.34. The fourth-order valence-corrected chi connectivity index (χ4v) is 4.06. The Morgan fingerprint density at radius 1 is 0.897 bits per heavy atom. The summed E-state index contributed by atoms with van der Waals surface area (Å²) in [6, 6.07) is 16.6. The van der Waals surface area contributed by atoms with Gasteiger partial charge < -0.3 is 0 Å². The lowest BCUT2D eigenvalue weighted by molar-refractivity contribution is -0.137. The average Bonchev–Trinajstić information content (AvgIpc) is 2.68. The van der Waals surface area contributed by atoms with Crippen LogP contribution in [0.1, 0.15) is 11.1 Å². The van der Waals surface area contributed by atoms with Crippen molar-refractivity contribution in [1.82, 2.24) is 4.31 Å². The highest BCUT2D eigenvalue weighted by Gasteiger charge is 2.31. The molecule has 29 heavy (non-hydrogen) atoms. The summed E-state index contributed by atoms with van der Waals surface area (Å²) in [5, 5.41) is 12.1. The highest BCUT2D eigenvalue weighted by molar-refractivity contribution is 7.89. The molecule has 0 heterocycles. The number of sulfonamides is 1. The van der Waals surface area contributed by atoms with E-state index in [9.17, 15) is 26.7 Å². The van der Waals surface area contributed by atoms with Gasteiger partial charge in [0, 0.05) is 19.2 Å². The number of nitrogens with zero attached hydrogens (tertiary/aromatic N) is 1. The summed E-state index contributed by atoms with van der Waals surface area (Å²) in [5.41, 5.74) is -0.165. The van der Waals surface area contributed by atoms with Crippen LogP contribution in [-0.4, -0.2) is 19.8 Å². The number of hydrogen-bond acceptors (Lipinski definition) is 2. The van der Waals surface area contributed by atoms with Gasteiger partial charge in [0.25, 0.3) is 0 Å². The lowest BCUT2D eigenvalue weighted by atomic mass is 10.00. The lowest BCUT2D eigenvalue weighted by Crippen LogP contribution is -2.26. The smallest absolute Gasteiger partial charge is 0.289 e. The quantitative estimate of drug-likeness (QED) is 0.560. The fourth-order valence-electron chi connectivity index (χ4n) is 2.88. The standard InChI is InChI=1S/C21H17F3NO3S/c1-25(29(27,28)18-8-3-2-4-9-18)14-15-6-5-7-16(12-15)19-13-17(21(22,23)24)10-11-20(19)26/h2-13H,14H2,1H3. The van der Waals surface area contributed by atoms with Gasteiger partial charge in [0.05, 0.1) is 10.5 Å². The Kier molecular flexibility index (Phi) is 5.68. The van der Waals surface area contributed by atoms with Crippen LogP contribution in [0.4, 0.5) is 13.2 Å². The summed E-state index contributed by atoms with van der Waals surface area (Å²) >= 11 is 0. The maximum absolute atomic E-state index is 13.0. The summed E-state index contributed by atoms with van der Waals surface area (Å²) in [7, 11) is -2.31. The zero-order chi connectivity index (χ0) is 21.2. The van der Waals surface area contributed by atoms with Crippen LogP contribution in [0.3, 0.4) is 0 Å².